The number of carbonyl (C=O) groups is 1. The molecule has 7 heteroatoms. The Morgan fingerprint density at radius 3 is 2.14 bits per heavy atom. The Balaban J connectivity index is 1.25. The maximum atomic E-state index is 12.6. The summed E-state index contributed by atoms with van der Waals surface area (Å²) in [6.45, 7) is 5.94. The van der Waals surface area contributed by atoms with Gasteiger partial charge in [-0.1, -0.05) is 42.5 Å². The highest BCUT2D eigenvalue weighted by molar-refractivity contribution is 7.90. The van der Waals surface area contributed by atoms with E-state index in [1.54, 1.807) is 18.2 Å². The van der Waals surface area contributed by atoms with E-state index in [2.05, 4.69) is 34.1 Å². The molecule has 2 aromatic rings. The van der Waals surface area contributed by atoms with Gasteiger partial charge in [0.25, 0.3) is 15.9 Å². The Morgan fingerprint density at radius 2 is 1.43 bits per heavy atom. The minimum atomic E-state index is -3.68. The molecular formula is C21H25N3O3S. The van der Waals surface area contributed by atoms with Crippen LogP contribution < -0.4 is 0 Å². The van der Waals surface area contributed by atoms with Crippen LogP contribution in [0.2, 0.25) is 0 Å². The average molecular weight is 400 g/mol. The Bertz CT molecular complexity index is 938. The molecule has 6 nitrogen and oxygen atoms in total. The van der Waals surface area contributed by atoms with E-state index in [-0.39, 0.29) is 17.0 Å². The lowest BCUT2D eigenvalue weighted by molar-refractivity contribution is 0.0859. The van der Waals surface area contributed by atoms with E-state index in [4.69, 9.17) is 0 Å². The number of carbonyl (C=O) groups excluding carboxylic acids is 1. The summed E-state index contributed by atoms with van der Waals surface area (Å²) >= 11 is 0. The van der Waals surface area contributed by atoms with E-state index in [1.807, 2.05) is 6.07 Å². The van der Waals surface area contributed by atoms with Crippen molar-refractivity contribution in [2.75, 3.05) is 39.3 Å². The fraction of sp³-hybridized carbons (Fsp3) is 0.381. The summed E-state index contributed by atoms with van der Waals surface area (Å²) in [5.74, 6) is -0.400. The van der Waals surface area contributed by atoms with Gasteiger partial charge in [0.2, 0.25) is 0 Å². The number of hydrogen-bond acceptors (Lipinski definition) is 5. The standard InChI is InChI=1S/C21H25N3O3S/c25-21-19-9-4-5-10-20(19)28(26,27)24(21)12-6-11-22-13-15-23(16-14-22)17-18-7-2-1-3-8-18/h1-5,7-10H,6,11-17H2. The van der Waals surface area contributed by atoms with Gasteiger partial charge in [-0.3, -0.25) is 9.69 Å². The fourth-order valence-corrected chi connectivity index (χ4v) is 5.51. The largest absolute Gasteiger partial charge is 0.301 e. The second-order valence-electron chi connectivity index (χ2n) is 7.34. The molecule has 28 heavy (non-hydrogen) atoms. The Kier molecular flexibility index (Phi) is 5.48. The van der Waals surface area contributed by atoms with Crippen LogP contribution in [0, 0.1) is 0 Å². The molecule has 0 atom stereocenters. The third-order valence-electron chi connectivity index (χ3n) is 5.46. The van der Waals surface area contributed by atoms with Gasteiger partial charge in [-0.2, -0.15) is 0 Å². The Morgan fingerprint density at radius 1 is 0.786 bits per heavy atom. The molecule has 2 aromatic carbocycles. The average Bonchev–Trinajstić information content (AvgIpc) is 2.91. The van der Waals surface area contributed by atoms with Gasteiger partial charge in [0, 0.05) is 39.3 Å². The summed E-state index contributed by atoms with van der Waals surface area (Å²) < 4.78 is 26.2. The van der Waals surface area contributed by atoms with Crippen LogP contribution in [0.3, 0.4) is 0 Å². The monoisotopic (exact) mass is 399 g/mol. The van der Waals surface area contributed by atoms with Crippen LogP contribution in [0.15, 0.2) is 59.5 Å². The first-order chi connectivity index (χ1) is 13.6. The predicted molar refractivity (Wildman–Crippen MR) is 107 cm³/mol. The first kappa shape index (κ1) is 19.1. The molecule has 0 unspecified atom stereocenters. The maximum absolute atomic E-state index is 12.6. The summed E-state index contributed by atoms with van der Waals surface area (Å²) in [5, 5.41) is 0. The van der Waals surface area contributed by atoms with E-state index in [0.717, 1.165) is 43.6 Å². The summed E-state index contributed by atoms with van der Waals surface area (Å²) in [7, 11) is -3.68. The van der Waals surface area contributed by atoms with Gasteiger partial charge in [0.1, 0.15) is 4.90 Å². The second kappa shape index (κ2) is 8.03. The highest BCUT2D eigenvalue weighted by atomic mass is 32.2. The van der Waals surface area contributed by atoms with Crippen molar-refractivity contribution in [3.63, 3.8) is 0 Å². The number of sulfonamides is 1. The number of fused-ring (bicyclic) bond motifs is 1. The third-order valence-corrected chi connectivity index (χ3v) is 7.30. The van der Waals surface area contributed by atoms with E-state index in [0.29, 0.717) is 6.42 Å². The van der Waals surface area contributed by atoms with Crippen LogP contribution >= 0.6 is 0 Å². The van der Waals surface area contributed by atoms with Gasteiger partial charge in [0.05, 0.1) is 5.56 Å². The van der Waals surface area contributed by atoms with Crippen molar-refractivity contribution in [1.82, 2.24) is 14.1 Å². The quantitative estimate of drug-likeness (QED) is 0.744. The van der Waals surface area contributed by atoms with Crippen molar-refractivity contribution in [3.8, 4) is 0 Å². The summed E-state index contributed by atoms with van der Waals surface area (Å²) in [6.07, 6.45) is 0.650. The molecule has 0 spiro atoms. The zero-order chi connectivity index (χ0) is 19.6. The molecule has 1 saturated heterocycles. The SMILES string of the molecule is O=C1c2ccccc2S(=O)(=O)N1CCCN1CCN(Cc2ccccc2)CC1. The van der Waals surface area contributed by atoms with Gasteiger partial charge < -0.3 is 4.90 Å². The molecule has 0 aromatic heterocycles. The Labute approximate surface area is 166 Å². The molecule has 0 aliphatic carbocycles. The topological polar surface area (TPSA) is 60.9 Å². The smallest absolute Gasteiger partial charge is 0.269 e. The zero-order valence-corrected chi connectivity index (χ0v) is 16.6. The number of rotatable bonds is 6. The lowest BCUT2D eigenvalue weighted by Crippen LogP contribution is -2.46. The minimum absolute atomic E-state index is 0.134. The van der Waals surface area contributed by atoms with Crippen molar-refractivity contribution < 1.29 is 13.2 Å². The van der Waals surface area contributed by atoms with Crippen LogP contribution in [0.4, 0.5) is 0 Å². The molecule has 1 amide bonds. The molecular weight excluding hydrogens is 374 g/mol. The molecule has 0 saturated carbocycles. The molecule has 0 N–H and O–H groups in total. The van der Waals surface area contributed by atoms with E-state index in [1.165, 1.54) is 11.6 Å². The maximum Gasteiger partial charge on any atom is 0.269 e. The molecule has 0 bridgehead atoms. The molecule has 2 aliphatic rings. The Hall–Kier alpha value is -2.22. The van der Waals surface area contributed by atoms with Crippen LogP contribution in [0.1, 0.15) is 22.3 Å². The van der Waals surface area contributed by atoms with Crippen molar-refractivity contribution in [3.05, 3.63) is 65.7 Å². The lowest BCUT2D eigenvalue weighted by Gasteiger charge is -2.35. The number of piperazine rings is 1. The summed E-state index contributed by atoms with van der Waals surface area (Å²) in [6, 6.07) is 16.9. The third kappa shape index (κ3) is 3.83. The second-order valence-corrected chi connectivity index (χ2v) is 9.17. The van der Waals surface area contributed by atoms with Gasteiger partial charge in [0.15, 0.2) is 0 Å². The van der Waals surface area contributed by atoms with Crippen molar-refractivity contribution in [2.45, 2.75) is 17.9 Å². The van der Waals surface area contributed by atoms with Gasteiger partial charge >= 0.3 is 0 Å². The first-order valence-corrected chi connectivity index (χ1v) is 11.1. The first-order valence-electron chi connectivity index (χ1n) is 9.70. The number of benzene rings is 2. The van der Waals surface area contributed by atoms with Gasteiger partial charge in [-0.15, -0.1) is 0 Å². The summed E-state index contributed by atoms with van der Waals surface area (Å²) in [4.78, 5) is 17.4. The van der Waals surface area contributed by atoms with Crippen LogP contribution in [-0.2, 0) is 16.6 Å². The highest BCUT2D eigenvalue weighted by Crippen LogP contribution is 2.29. The summed E-state index contributed by atoms with van der Waals surface area (Å²) in [5.41, 5.74) is 1.62. The van der Waals surface area contributed by atoms with Gasteiger partial charge in [-0.05, 0) is 30.7 Å². The highest BCUT2D eigenvalue weighted by Gasteiger charge is 2.40. The molecule has 1 fully saturated rings. The molecule has 4 rings (SSSR count). The molecule has 2 heterocycles. The number of nitrogens with zero attached hydrogens (tertiary/aromatic N) is 3. The van der Waals surface area contributed by atoms with Crippen LogP contribution in [-0.4, -0.2) is 67.7 Å². The van der Waals surface area contributed by atoms with Gasteiger partial charge in [-0.25, -0.2) is 12.7 Å². The number of hydrogen-bond donors (Lipinski definition) is 0. The minimum Gasteiger partial charge on any atom is -0.301 e. The molecule has 148 valence electrons. The lowest BCUT2D eigenvalue weighted by atomic mass is 10.2. The van der Waals surface area contributed by atoms with E-state index < -0.39 is 15.9 Å². The van der Waals surface area contributed by atoms with Crippen LogP contribution in [0.5, 0.6) is 0 Å². The van der Waals surface area contributed by atoms with Crippen molar-refractivity contribution >= 4 is 15.9 Å². The molecule has 0 radical (unpaired) electrons. The predicted octanol–water partition coefficient (Wildman–Crippen LogP) is 2.04. The van der Waals surface area contributed by atoms with Crippen molar-refractivity contribution in [2.24, 2.45) is 0 Å². The fourth-order valence-electron chi connectivity index (χ4n) is 3.90. The zero-order valence-electron chi connectivity index (χ0n) is 15.8. The molecule has 2 aliphatic heterocycles. The normalized spacial score (nSPS) is 19.7. The van der Waals surface area contributed by atoms with E-state index in [9.17, 15) is 13.2 Å². The van der Waals surface area contributed by atoms with Crippen LogP contribution in [0.25, 0.3) is 0 Å². The number of amides is 1. The van der Waals surface area contributed by atoms with E-state index >= 15 is 0 Å². The van der Waals surface area contributed by atoms with Crippen molar-refractivity contribution in [1.29, 1.82) is 0 Å².